The molecule has 0 spiro atoms. The lowest BCUT2D eigenvalue weighted by molar-refractivity contribution is -0.133. The van der Waals surface area contributed by atoms with E-state index in [1.54, 1.807) is 0 Å². The Morgan fingerprint density at radius 1 is 1.00 bits per heavy atom. The Kier molecular flexibility index (Phi) is 6.74. The van der Waals surface area contributed by atoms with E-state index < -0.39 is 41.5 Å². The van der Waals surface area contributed by atoms with E-state index in [1.165, 1.54) is 16.0 Å². The molecule has 3 rings (SSSR count). The summed E-state index contributed by atoms with van der Waals surface area (Å²) >= 11 is 0. The molecule has 0 radical (unpaired) electrons. The first-order valence-electron chi connectivity index (χ1n) is 9.37. The average Bonchev–Trinajstić information content (AvgIpc) is 2.94. The predicted octanol–water partition coefficient (Wildman–Crippen LogP) is 3.66. The molecule has 8 heteroatoms. The zero-order valence-corrected chi connectivity index (χ0v) is 16.1. The van der Waals surface area contributed by atoms with Gasteiger partial charge in [-0.2, -0.15) is 8.78 Å². The third-order valence-electron chi connectivity index (χ3n) is 5.01. The van der Waals surface area contributed by atoms with E-state index in [0.717, 1.165) is 19.5 Å². The minimum absolute atomic E-state index is 0.0944. The van der Waals surface area contributed by atoms with Gasteiger partial charge in [0.1, 0.15) is 0 Å². The van der Waals surface area contributed by atoms with Crippen LogP contribution in [-0.2, 0) is 11.3 Å². The van der Waals surface area contributed by atoms with E-state index >= 15 is 0 Å². The molecule has 0 aromatic heterocycles. The molecule has 1 aliphatic rings. The van der Waals surface area contributed by atoms with Crippen LogP contribution in [0.3, 0.4) is 0 Å². The smallest absolute Gasteiger partial charge is 0.260 e. The van der Waals surface area contributed by atoms with Crippen LogP contribution < -0.4 is 4.74 Å². The Bertz CT molecular complexity index is 865. The normalized spacial score (nSPS) is 15.3. The van der Waals surface area contributed by atoms with Gasteiger partial charge >= 0.3 is 0 Å². The molecule has 0 unspecified atom stereocenters. The number of hydrogen-bond acceptors (Lipinski definition) is 3. The third-order valence-corrected chi connectivity index (χ3v) is 5.01. The molecule has 1 fully saturated rings. The van der Waals surface area contributed by atoms with Gasteiger partial charge in [0.25, 0.3) is 5.91 Å². The third kappa shape index (κ3) is 5.06. The first-order valence-corrected chi connectivity index (χ1v) is 9.37. The van der Waals surface area contributed by atoms with E-state index in [4.69, 9.17) is 4.74 Å². The van der Waals surface area contributed by atoms with Crippen LogP contribution in [0.5, 0.6) is 5.75 Å². The number of rotatable bonds is 5. The van der Waals surface area contributed by atoms with Gasteiger partial charge in [0.15, 0.2) is 24.0 Å². The lowest BCUT2D eigenvalue weighted by atomic mass is 10.1. The largest absolute Gasteiger partial charge is 0.477 e. The molecular weight excluding hydrogens is 388 g/mol. The topological polar surface area (TPSA) is 32.8 Å². The van der Waals surface area contributed by atoms with Gasteiger partial charge < -0.3 is 9.64 Å². The monoisotopic (exact) mass is 410 g/mol. The van der Waals surface area contributed by atoms with Crippen molar-refractivity contribution in [2.75, 3.05) is 32.8 Å². The molecule has 156 valence electrons. The number of hydrogen-bond donors (Lipinski definition) is 0. The maximum Gasteiger partial charge on any atom is 0.260 e. The van der Waals surface area contributed by atoms with Gasteiger partial charge in [-0.1, -0.05) is 24.3 Å². The van der Waals surface area contributed by atoms with E-state index in [0.29, 0.717) is 19.6 Å². The number of halogens is 4. The first kappa shape index (κ1) is 21.1. The number of amides is 1. The van der Waals surface area contributed by atoms with E-state index in [9.17, 15) is 22.4 Å². The van der Waals surface area contributed by atoms with Crippen molar-refractivity contribution in [3.63, 3.8) is 0 Å². The number of carbonyl (C=O) groups excluding carboxylic acids is 1. The summed E-state index contributed by atoms with van der Waals surface area (Å²) < 4.78 is 58.6. The summed E-state index contributed by atoms with van der Waals surface area (Å²) in [7, 11) is 0. The van der Waals surface area contributed by atoms with Crippen LogP contribution in [0, 0.1) is 30.2 Å². The Balaban J connectivity index is 1.57. The molecule has 1 heterocycles. The molecule has 1 aliphatic heterocycles. The molecule has 2 aromatic rings. The van der Waals surface area contributed by atoms with Gasteiger partial charge in [-0.05, 0) is 24.5 Å². The van der Waals surface area contributed by atoms with Crippen molar-refractivity contribution in [3.05, 3.63) is 64.7 Å². The highest BCUT2D eigenvalue weighted by Crippen LogP contribution is 2.26. The fourth-order valence-corrected chi connectivity index (χ4v) is 3.31. The Hall–Kier alpha value is -2.61. The van der Waals surface area contributed by atoms with Gasteiger partial charge in [0.05, 0.1) is 0 Å². The highest BCUT2D eigenvalue weighted by Gasteiger charge is 2.24. The predicted molar refractivity (Wildman–Crippen MR) is 99.4 cm³/mol. The van der Waals surface area contributed by atoms with Crippen LogP contribution >= 0.6 is 0 Å². The average molecular weight is 410 g/mol. The molecule has 0 saturated carbocycles. The van der Waals surface area contributed by atoms with Gasteiger partial charge in [-0.25, -0.2) is 8.78 Å². The second-order valence-corrected chi connectivity index (χ2v) is 7.02. The Labute approximate surface area is 166 Å². The molecule has 0 bridgehead atoms. The molecular formula is C21H22F4N2O2. The van der Waals surface area contributed by atoms with Crippen LogP contribution in [0.25, 0.3) is 0 Å². The minimum Gasteiger partial charge on any atom is -0.477 e. The molecule has 1 amide bonds. The molecule has 4 nitrogen and oxygen atoms in total. The number of benzene rings is 2. The quantitative estimate of drug-likeness (QED) is 0.557. The molecule has 1 saturated heterocycles. The highest BCUT2D eigenvalue weighted by atomic mass is 19.2. The highest BCUT2D eigenvalue weighted by molar-refractivity contribution is 5.77. The molecule has 0 aliphatic carbocycles. The van der Waals surface area contributed by atoms with Crippen molar-refractivity contribution in [2.24, 2.45) is 0 Å². The summed E-state index contributed by atoms with van der Waals surface area (Å²) in [5.74, 6) is -8.17. The van der Waals surface area contributed by atoms with Crippen LogP contribution in [0.4, 0.5) is 17.6 Å². The van der Waals surface area contributed by atoms with Gasteiger partial charge in [0, 0.05) is 38.8 Å². The molecule has 29 heavy (non-hydrogen) atoms. The van der Waals surface area contributed by atoms with Gasteiger partial charge in [-0.3, -0.25) is 9.69 Å². The van der Waals surface area contributed by atoms with Crippen LogP contribution in [0.15, 0.2) is 30.3 Å². The van der Waals surface area contributed by atoms with Crippen LogP contribution in [-0.4, -0.2) is 48.5 Å². The number of nitrogens with zero attached hydrogens (tertiary/aromatic N) is 2. The van der Waals surface area contributed by atoms with Crippen molar-refractivity contribution in [1.82, 2.24) is 9.80 Å². The number of carbonyl (C=O) groups is 1. The second kappa shape index (κ2) is 9.26. The molecule has 0 atom stereocenters. The summed E-state index contributed by atoms with van der Waals surface area (Å²) in [5.41, 5.74) is 2.42. The van der Waals surface area contributed by atoms with Crippen molar-refractivity contribution in [2.45, 2.75) is 19.9 Å². The number of aryl methyl sites for hydroxylation is 1. The van der Waals surface area contributed by atoms with Gasteiger partial charge in [0.2, 0.25) is 11.6 Å². The molecule has 0 N–H and O–H groups in total. The maximum absolute atomic E-state index is 13.7. The van der Waals surface area contributed by atoms with E-state index in [2.05, 4.69) is 11.0 Å². The lowest BCUT2D eigenvalue weighted by Crippen LogP contribution is -2.38. The number of ether oxygens (including phenoxy) is 1. The summed E-state index contributed by atoms with van der Waals surface area (Å²) in [6.07, 6.45) is 0.731. The van der Waals surface area contributed by atoms with Crippen LogP contribution in [0.2, 0.25) is 0 Å². The van der Waals surface area contributed by atoms with E-state index in [-0.39, 0.29) is 6.07 Å². The Morgan fingerprint density at radius 3 is 2.38 bits per heavy atom. The standard InChI is InChI=1S/C21H22F4N2O2/c1-14-5-2-3-6-15(14)12-26-7-4-8-27(10-9-26)18(28)13-29-21-19(24)16(22)11-17(23)20(21)25/h2-3,5-6,11H,4,7-10,12-13H2,1H3. The fraction of sp³-hybridized carbons (Fsp3) is 0.381. The fourth-order valence-electron chi connectivity index (χ4n) is 3.31. The zero-order valence-electron chi connectivity index (χ0n) is 16.1. The summed E-state index contributed by atoms with van der Waals surface area (Å²) in [4.78, 5) is 16.2. The minimum atomic E-state index is -1.66. The Morgan fingerprint density at radius 2 is 1.69 bits per heavy atom. The zero-order chi connectivity index (χ0) is 21.0. The van der Waals surface area contributed by atoms with Crippen LogP contribution in [0.1, 0.15) is 17.5 Å². The SMILES string of the molecule is Cc1ccccc1CN1CCCN(C(=O)COc2c(F)c(F)cc(F)c2F)CC1. The molecule has 2 aromatic carbocycles. The second-order valence-electron chi connectivity index (χ2n) is 7.02. The van der Waals surface area contributed by atoms with Gasteiger partial charge in [-0.15, -0.1) is 0 Å². The summed E-state index contributed by atoms with van der Waals surface area (Å²) in [6, 6.07) is 8.18. The first-order chi connectivity index (χ1) is 13.9. The van der Waals surface area contributed by atoms with Crippen molar-refractivity contribution in [3.8, 4) is 5.75 Å². The van der Waals surface area contributed by atoms with Crippen molar-refractivity contribution in [1.29, 1.82) is 0 Å². The van der Waals surface area contributed by atoms with Crippen molar-refractivity contribution < 1.29 is 27.1 Å². The van der Waals surface area contributed by atoms with E-state index in [1.807, 2.05) is 25.1 Å². The maximum atomic E-state index is 13.7. The summed E-state index contributed by atoms with van der Waals surface area (Å²) in [6.45, 7) is 4.45. The summed E-state index contributed by atoms with van der Waals surface area (Å²) in [5, 5.41) is 0. The van der Waals surface area contributed by atoms with Crippen molar-refractivity contribution >= 4 is 5.91 Å². The lowest BCUT2D eigenvalue weighted by Gasteiger charge is -2.22.